The summed E-state index contributed by atoms with van der Waals surface area (Å²) in [5, 5.41) is 4.83. The van der Waals surface area contributed by atoms with E-state index >= 15 is 0 Å². The Bertz CT molecular complexity index is 418. The molecule has 0 aliphatic carbocycles. The largest absolute Gasteiger partial charge is 0.450 e. The lowest BCUT2D eigenvalue weighted by atomic mass is 10.3. The molecule has 0 bridgehead atoms. The molecule has 0 saturated carbocycles. The summed E-state index contributed by atoms with van der Waals surface area (Å²) < 4.78 is 8.84. The fourth-order valence-corrected chi connectivity index (χ4v) is 2.42. The highest BCUT2D eigenvalue weighted by molar-refractivity contribution is 7.10. The van der Waals surface area contributed by atoms with Gasteiger partial charge in [0.15, 0.2) is 0 Å². The van der Waals surface area contributed by atoms with Crippen LogP contribution in [-0.2, 0) is 11.3 Å². The summed E-state index contributed by atoms with van der Waals surface area (Å²) in [6.45, 7) is 5.83. The standard InChI is InChI=1S/C10H18N6O2S/c1-2-18-10(17)16-5-3-15(4-6-16)7-8-9(12-11)19-14-13-8/h12H,2-7,11H2,1H3. The third kappa shape index (κ3) is 3.52. The average molecular weight is 286 g/mol. The number of hydrogen-bond donors (Lipinski definition) is 2. The van der Waals surface area contributed by atoms with Gasteiger partial charge in [0.2, 0.25) is 0 Å². The molecule has 0 atom stereocenters. The van der Waals surface area contributed by atoms with E-state index in [9.17, 15) is 4.79 Å². The zero-order valence-corrected chi connectivity index (χ0v) is 11.7. The van der Waals surface area contributed by atoms with Gasteiger partial charge >= 0.3 is 6.09 Å². The van der Waals surface area contributed by atoms with Crippen molar-refractivity contribution in [2.45, 2.75) is 13.5 Å². The molecule has 1 saturated heterocycles. The van der Waals surface area contributed by atoms with Gasteiger partial charge in [-0.05, 0) is 6.92 Å². The van der Waals surface area contributed by atoms with E-state index in [1.807, 2.05) is 6.92 Å². The van der Waals surface area contributed by atoms with Crippen molar-refractivity contribution in [1.82, 2.24) is 19.4 Å². The predicted molar refractivity (Wildman–Crippen MR) is 71.6 cm³/mol. The summed E-state index contributed by atoms with van der Waals surface area (Å²) in [5.74, 6) is 5.39. The van der Waals surface area contributed by atoms with Gasteiger partial charge in [-0.3, -0.25) is 4.90 Å². The number of ether oxygens (including phenoxy) is 1. The van der Waals surface area contributed by atoms with Crippen LogP contribution in [0.2, 0.25) is 0 Å². The van der Waals surface area contributed by atoms with Crippen molar-refractivity contribution in [3.8, 4) is 0 Å². The van der Waals surface area contributed by atoms with E-state index in [1.165, 1.54) is 11.5 Å². The van der Waals surface area contributed by atoms with Crippen LogP contribution in [0, 0.1) is 0 Å². The zero-order valence-electron chi connectivity index (χ0n) is 10.8. The number of nitrogens with two attached hydrogens (primary N) is 1. The molecule has 106 valence electrons. The molecule has 1 aromatic heterocycles. The van der Waals surface area contributed by atoms with Crippen LogP contribution >= 0.6 is 11.5 Å². The number of piperazine rings is 1. The third-order valence-electron chi connectivity index (χ3n) is 2.96. The highest BCUT2D eigenvalue weighted by Crippen LogP contribution is 2.18. The molecule has 1 aliphatic heterocycles. The molecule has 1 aliphatic rings. The van der Waals surface area contributed by atoms with E-state index in [1.54, 1.807) is 4.90 Å². The summed E-state index contributed by atoms with van der Waals surface area (Å²) >= 11 is 1.24. The number of carbonyl (C=O) groups is 1. The zero-order chi connectivity index (χ0) is 13.7. The molecule has 0 radical (unpaired) electrons. The maximum atomic E-state index is 11.6. The fraction of sp³-hybridized carbons (Fsp3) is 0.700. The van der Waals surface area contributed by atoms with Gasteiger partial charge in [-0.2, -0.15) is 0 Å². The van der Waals surface area contributed by atoms with Gasteiger partial charge in [-0.15, -0.1) is 5.10 Å². The Kier molecular flexibility index (Phi) is 4.88. The van der Waals surface area contributed by atoms with Crippen LogP contribution in [-0.4, -0.2) is 58.3 Å². The number of rotatable bonds is 4. The highest BCUT2D eigenvalue weighted by atomic mass is 32.1. The maximum absolute atomic E-state index is 11.6. The minimum absolute atomic E-state index is 0.234. The molecule has 3 N–H and O–H groups in total. The Morgan fingerprint density at radius 3 is 2.84 bits per heavy atom. The Morgan fingerprint density at radius 2 is 2.21 bits per heavy atom. The normalized spacial score (nSPS) is 16.4. The lowest BCUT2D eigenvalue weighted by molar-refractivity contribution is 0.0775. The number of aromatic nitrogens is 2. The van der Waals surface area contributed by atoms with Gasteiger partial charge in [0.1, 0.15) is 10.7 Å². The summed E-state index contributed by atoms with van der Waals surface area (Å²) in [6, 6.07) is 0. The molecular formula is C10H18N6O2S. The number of nitrogen functional groups attached to an aromatic ring is 1. The molecule has 2 rings (SSSR count). The van der Waals surface area contributed by atoms with Crippen molar-refractivity contribution in [1.29, 1.82) is 0 Å². The average Bonchev–Trinajstić information content (AvgIpc) is 2.87. The maximum Gasteiger partial charge on any atom is 0.409 e. The first-order valence-corrected chi connectivity index (χ1v) is 6.93. The number of anilines is 1. The van der Waals surface area contributed by atoms with Crippen molar-refractivity contribution >= 4 is 22.6 Å². The highest BCUT2D eigenvalue weighted by Gasteiger charge is 2.23. The second kappa shape index (κ2) is 6.64. The lowest BCUT2D eigenvalue weighted by Crippen LogP contribution is -2.48. The Labute approximate surface area is 115 Å². The van der Waals surface area contributed by atoms with Crippen LogP contribution in [0.15, 0.2) is 0 Å². The van der Waals surface area contributed by atoms with Crippen LogP contribution < -0.4 is 11.3 Å². The second-order valence-electron chi connectivity index (χ2n) is 4.16. The van der Waals surface area contributed by atoms with Crippen LogP contribution in [0.25, 0.3) is 0 Å². The monoisotopic (exact) mass is 286 g/mol. The first-order valence-electron chi connectivity index (χ1n) is 6.16. The van der Waals surface area contributed by atoms with Crippen molar-refractivity contribution in [3.05, 3.63) is 5.69 Å². The van der Waals surface area contributed by atoms with E-state index in [4.69, 9.17) is 10.6 Å². The van der Waals surface area contributed by atoms with Gasteiger partial charge in [0, 0.05) is 44.3 Å². The van der Waals surface area contributed by atoms with Crippen molar-refractivity contribution in [3.63, 3.8) is 0 Å². The van der Waals surface area contributed by atoms with Crippen molar-refractivity contribution in [2.75, 3.05) is 38.2 Å². The molecule has 8 nitrogen and oxygen atoms in total. The number of hydrazine groups is 1. The lowest BCUT2D eigenvalue weighted by Gasteiger charge is -2.33. The number of amides is 1. The van der Waals surface area contributed by atoms with Crippen LogP contribution in [0.5, 0.6) is 0 Å². The molecule has 2 heterocycles. The van der Waals surface area contributed by atoms with Crippen molar-refractivity contribution in [2.24, 2.45) is 5.84 Å². The van der Waals surface area contributed by atoms with Gasteiger partial charge in [-0.1, -0.05) is 4.49 Å². The predicted octanol–water partition coefficient (Wildman–Crippen LogP) is 0.0978. The quantitative estimate of drug-likeness (QED) is 0.598. The third-order valence-corrected chi connectivity index (χ3v) is 3.66. The van der Waals surface area contributed by atoms with E-state index < -0.39 is 0 Å². The number of nitrogens with one attached hydrogen (secondary N) is 1. The summed E-state index contributed by atoms with van der Waals surface area (Å²) in [7, 11) is 0. The van der Waals surface area contributed by atoms with E-state index in [2.05, 4.69) is 19.9 Å². The molecule has 1 fully saturated rings. The first kappa shape index (κ1) is 14.0. The van der Waals surface area contributed by atoms with Crippen LogP contribution in [0.1, 0.15) is 12.6 Å². The SMILES string of the molecule is CCOC(=O)N1CCN(Cc2nnsc2NN)CC1. The molecule has 19 heavy (non-hydrogen) atoms. The van der Waals surface area contributed by atoms with E-state index in [0.717, 1.165) is 23.8 Å². The molecular weight excluding hydrogens is 268 g/mol. The second-order valence-corrected chi connectivity index (χ2v) is 4.91. The number of nitrogens with zero attached hydrogens (tertiary/aromatic N) is 4. The minimum atomic E-state index is -0.234. The van der Waals surface area contributed by atoms with Crippen LogP contribution in [0.4, 0.5) is 9.80 Å². The number of hydrogen-bond acceptors (Lipinski definition) is 8. The molecule has 0 unspecified atom stereocenters. The topological polar surface area (TPSA) is 96.6 Å². The first-order chi connectivity index (χ1) is 9.24. The smallest absolute Gasteiger partial charge is 0.409 e. The van der Waals surface area contributed by atoms with Gasteiger partial charge in [-0.25, -0.2) is 10.6 Å². The summed E-state index contributed by atoms with van der Waals surface area (Å²) in [6.07, 6.45) is -0.234. The summed E-state index contributed by atoms with van der Waals surface area (Å²) in [4.78, 5) is 15.5. The van der Waals surface area contributed by atoms with Crippen LogP contribution in [0.3, 0.4) is 0 Å². The molecule has 0 aromatic carbocycles. The van der Waals surface area contributed by atoms with Gasteiger partial charge in [0.05, 0.1) is 6.61 Å². The van der Waals surface area contributed by atoms with Crippen molar-refractivity contribution < 1.29 is 9.53 Å². The molecule has 1 aromatic rings. The summed E-state index contributed by atoms with van der Waals surface area (Å²) in [5.41, 5.74) is 3.44. The molecule has 9 heteroatoms. The number of carbonyl (C=O) groups excluding carboxylic acids is 1. The Morgan fingerprint density at radius 1 is 1.47 bits per heavy atom. The fourth-order valence-electron chi connectivity index (χ4n) is 1.94. The Balaban J connectivity index is 1.82. The van der Waals surface area contributed by atoms with E-state index in [0.29, 0.717) is 26.2 Å². The molecule has 1 amide bonds. The van der Waals surface area contributed by atoms with Gasteiger partial charge < -0.3 is 15.1 Å². The minimum Gasteiger partial charge on any atom is -0.450 e. The Hall–Kier alpha value is -1.45. The molecule has 0 spiro atoms. The van der Waals surface area contributed by atoms with E-state index in [-0.39, 0.29) is 6.09 Å². The van der Waals surface area contributed by atoms with Gasteiger partial charge in [0.25, 0.3) is 0 Å².